The minimum absolute atomic E-state index is 0.663. The first-order valence-electron chi connectivity index (χ1n) is 5.54. The SMILES string of the molecule is [2H]C(Oc1ccc(C)cc1)c1ccccc1. The van der Waals surface area contributed by atoms with Crippen molar-refractivity contribution in [1.29, 1.82) is 0 Å². The number of ether oxygens (including phenoxy) is 1. The highest BCUT2D eigenvalue weighted by Gasteiger charge is 1.94. The van der Waals surface area contributed by atoms with E-state index in [2.05, 4.69) is 0 Å². The number of hydrogen-bond acceptors (Lipinski definition) is 1. The highest BCUT2D eigenvalue weighted by atomic mass is 16.5. The minimum atomic E-state index is -0.663. The zero-order valence-electron chi connectivity index (χ0n) is 9.68. The van der Waals surface area contributed by atoms with Gasteiger partial charge in [-0.25, -0.2) is 0 Å². The quantitative estimate of drug-likeness (QED) is 0.734. The minimum Gasteiger partial charge on any atom is -0.489 e. The van der Waals surface area contributed by atoms with Crippen LogP contribution in [0.25, 0.3) is 0 Å². The van der Waals surface area contributed by atoms with Crippen LogP contribution in [0.4, 0.5) is 0 Å². The summed E-state index contributed by atoms with van der Waals surface area (Å²) < 4.78 is 13.4. The molecule has 1 heteroatoms. The third kappa shape index (κ3) is 2.84. The van der Waals surface area contributed by atoms with Crippen LogP contribution < -0.4 is 4.74 Å². The second-order valence-electron chi connectivity index (χ2n) is 3.46. The maximum atomic E-state index is 7.88. The van der Waals surface area contributed by atoms with E-state index in [1.807, 2.05) is 61.5 Å². The molecule has 2 aromatic carbocycles. The highest BCUT2D eigenvalue weighted by Crippen LogP contribution is 2.13. The van der Waals surface area contributed by atoms with Crippen LogP contribution in [-0.2, 0) is 6.58 Å². The summed E-state index contributed by atoms with van der Waals surface area (Å²) in [6, 6.07) is 17.3. The van der Waals surface area contributed by atoms with Crippen molar-refractivity contribution in [2.75, 3.05) is 0 Å². The third-order valence-electron chi connectivity index (χ3n) is 2.15. The van der Waals surface area contributed by atoms with Gasteiger partial charge in [0.15, 0.2) is 0 Å². The van der Waals surface area contributed by atoms with Crippen molar-refractivity contribution < 1.29 is 6.11 Å². The summed E-state index contributed by atoms with van der Waals surface area (Å²) >= 11 is 0. The molecule has 0 heterocycles. The number of benzene rings is 2. The van der Waals surface area contributed by atoms with Crippen molar-refractivity contribution in [2.45, 2.75) is 13.5 Å². The Morgan fingerprint density at radius 1 is 1.00 bits per heavy atom. The molecule has 0 aliphatic heterocycles. The molecule has 1 atom stereocenters. The molecular formula is C14H14O. The molecule has 15 heavy (non-hydrogen) atoms. The number of aryl methyl sites for hydroxylation is 1. The molecule has 0 spiro atoms. The molecule has 0 N–H and O–H groups in total. The largest absolute Gasteiger partial charge is 0.489 e. The molecule has 2 aromatic rings. The van der Waals surface area contributed by atoms with Crippen molar-refractivity contribution in [2.24, 2.45) is 0 Å². The monoisotopic (exact) mass is 199 g/mol. The Morgan fingerprint density at radius 2 is 1.67 bits per heavy atom. The van der Waals surface area contributed by atoms with Gasteiger partial charge in [0.05, 0.1) is 1.37 Å². The Hall–Kier alpha value is -1.76. The van der Waals surface area contributed by atoms with Crippen molar-refractivity contribution in [1.82, 2.24) is 0 Å². The Balaban J connectivity index is 2.08. The molecule has 0 aliphatic carbocycles. The normalized spacial score (nSPS) is 13.0. The van der Waals surface area contributed by atoms with Crippen LogP contribution in [0.1, 0.15) is 12.5 Å². The standard InChI is InChI=1S/C14H14O/c1-12-7-9-14(10-8-12)15-11-13-5-3-2-4-6-13/h2-10H,11H2,1H3/i11D. The van der Waals surface area contributed by atoms with Crippen LogP contribution in [0, 0.1) is 6.92 Å². The lowest BCUT2D eigenvalue weighted by molar-refractivity contribution is 0.306. The maximum Gasteiger partial charge on any atom is 0.119 e. The van der Waals surface area contributed by atoms with Gasteiger partial charge in [0.2, 0.25) is 0 Å². The molecule has 0 aliphatic rings. The molecule has 0 saturated carbocycles. The lowest BCUT2D eigenvalue weighted by Gasteiger charge is -2.06. The maximum absolute atomic E-state index is 7.88. The summed E-state index contributed by atoms with van der Waals surface area (Å²) in [5.41, 5.74) is 2.05. The molecule has 2 rings (SSSR count). The number of rotatable bonds is 3. The van der Waals surface area contributed by atoms with Gasteiger partial charge in [-0.2, -0.15) is 0 Å². The van der Waals surface area contributed by atoms with E-state index in [0.29, 0.717) is 0 Å². The third-order valence-corrected chi connectivity index (χ3v) is 2.15. The molecule has 0 aromatic heterocycles. The molecule has 76 valence electrons. The van der Waals surface area contributed by atoms with E-state index in [1.165, 1.54) is 5.56 Å². The van der Waals surface area contributed by atoms with Gasteiger partial charge in [0.1, 0.15) is 12.3 Å². The summed E-state index contributed by atoms with van der Waals surface area (Å²) in [6.45, 7) is 1.36. The molecule has 0 fully saturated rings. The van der Waals surface area contributed by atoms with Gasteiger partial charge in [-0.15, -0.1) is 0 Å². The summed E-state index contributed by atoms with van der Waals surface area (Å²) in [6.07, 6.45) is 0. The molecule has 0 amide bonds. The molecule has 1 unspecified atom stereocenters. The predicted octanol–water partition coefficient (Wildman–Crippen LogP) is 3.57. The fraction of sp³-hybridized carbons (Fsp3) is 0.143. The van der Waals surface area contributed by atoms with Gasteiger partial charge in [0, 0.05) is 0 Å². The summed E-state index contributed by atoms with van der Waals surface area (Å²) in [5, 5.41) is 0. The van der Waals surface area contributed by atoms with E-state index in [-0.39, 0.29) is 0 Å². The van der Waals surface area contributed by atoms with Crippen LogP contribution in [-0.4, -0.2) is 0 Å². The Bertz CT molecular complexity index is 436. The van der Waals surface area contributed by atoms with E-state index < -0.39 is 6.58 Å². The molecule has 1 nitrogen and oxygen atoms in total. The first-order valence-corrected chi connectivity index (χ1v) is 4.96. The van der Waals surface area contributed by atoms with Crippen LogP contribution in [0.2, 0.25) is 0 Å². The summed E-state index contributed by atoms with van der Waals surface area (Å²) in [7, 11) is 0. The fourth-order valence-corrected chi connectivity index (χ4v) is 1.28. The van der Waals surface area contributed by atoms with Crippen LogP contribution in [0.3, 0.4) is 0 Å². The second kappa shape index (κ2) is 4.65. The van der Waals surface area contributed by atoms with Gasteiger partial charge in [-0.1, -0.05) is 48.0 Å². The second-order valence-corrected chi connectivity index (χ2v) is 3.46. The van der Waals surface area contributed by atoms with Crippen molar-refractivity contribution in [3.63, 3.8) is 0 Å². The lowest BCUT2D eigenvalue weighted by atomic mass is 10.2. The Kier molecular flexibility index (Phi) is 2.65. The van der Waals surface area contributed by atoms with Crippen molar-refractivity contribution >= 4 is 0 Å². The Morgan fingerprint density at radius 3 is 2.33 bits per heavy atom. The molecular weight excluding hydrogens is 184 g/mol. The lowest BCUT2D eigenvalue weighted by Crippen LogP contribution is -1.94. The Labute approximate surface area is 91.7 Å². The fourth-order valence-electron chi connectivity index (χ4n) is 1.28. The zero-order chi connectivity index (χ0) is 11.4. The average Bonchev–Trinajstić information content (AvgIpc) is 2.33. The van der Waals surface area contributed by atoms with E-state index in [4.69, 9.17) is 6.11 Å². The smallest absolute Gasteiger partial charge is 0.119 e. The number of hydrogen-bond donors (Lipinski definition) is 0. The van der Waals surface area contributed by atoms with E-state index in [1.54, 1.807) is 0 Å². The van der Waals surface area contributed by atoms with Gasteiger partial charge < -0.3 is 4.74 Å². The van der Waals surface area contributed by atoms with E-state index >= 15 is 0 Å². The van der Waals surface area contributed by atoms with Gasteiger partial charge in [-0.05, 0) is 24.6 Å². The van der Waals surface area contributed by atoms with Crippen LogP contribution in [0.5, 0.6) is 5.75 Å². The van der Waals surface area contributed by atoms with Crippen LogP contribution in [0.15, 0.2) is 54.6 Å². The van der Waals surface area contributed by atoms with Gasteiger partial charge in [-0.3, -0.25) is 0 Å². The zero-order valence-corrected chi connectivity index (χ0v) is 8.68. The molecule has 0 saturated heterocycles. The van der Waals surface area contributed by atoms with Crippen LogP contribution >= 0.6 is 0 Å². The molecule has 0 radical (unpaired) electrons. The first kappa shape index (κ1) is 8.54. The first-order chi connectivity index (χ1) is 7.75. The topological polar surface area (TPSA) is 9.23 Å². The highest BCUT2D eigenvalue weighted by molar-refractivity contribution is 5.26. The summed E-state index contributed by atoms with van der Waals surface area (Å²) in [5.74, 6) is 0.731. The summed E-state index contributed by atoms with van der Waals surface area (Å²) in [4.78, 5) is 0. The average molecular weight is 199 g/mol. The van der Waals surface area contributed by atoms with E-state index in [0.717, 1.165) is 11.3 Å². The van der Waals surface area contributed by atoms with Crippen molar-refractivity contribution in [3.05, 3.63) is 65.7 Å². The van der Waals surface area contributed by atoms with Crippen molar-refractivity contribution in [3.8, 4) is 5.75 Å². The predicted molar refractivity (Wildman–Crippen MR) is 62.0 cm³/mol. The van der Waals surface area contributed by atoms with Gasteiger partial charge >= 0.3 is 0 Å². The van der Waals surface area contributed by atoms with Gasteiger partial charge in [0.25, 0.3) is 0 Å². The molecule has 0 bridgehead atoms. The van der Waals surface area contributed by atoms with E-state index in [9.17, 15) is 0 Å².